The van der Waals surface area contributed by atoms with Crippen molar-refractivity contribution < 1.29 is 9.59 Å². The van der Waals surface area contributed by atoms with Gasteiger partial charge in [0.05, 0.1) is 28.6 Å². The summed E-state index contributed by atoms with van der Waals surface area (Å²) < 4.78 is 2.04. The zero-order chi connectivity index (χ0) is 19.2. The van der Waals surface area contributed by atoms with Gasteiger partial charge in [-0.15, -0.1) is 0 Å². The summed E-state index contributed by atoms with van der Waals surface area (Å²) in [5, 5.41) is 15.5. The molecule has 2 atom stereocenters. The minimum Gasteiger partial charge on any atom is -0.328 e. The number of aromatic nitrogens is 1. The zero-order valence-electron chi connectivity index (χ0n) is 15.1. The van der Waals surface area contributed by atoms with E-state index in [2.05, 4.69) is 16.7 Å². The van der Waals surface area contributed by atoms with E-state index in [4.69, 9.17) is 12.2 Å². The quantitative estimate of drug-likeness (QED) is 0.475. The van der Waals surface area contributed by atoms with E-state index in [1.54, 1.807) is 6.08 Å². The molecule has 2 aliphatic rings. The first kappa shape index (κ1) is 18.2. The fourth-order valence-electron chi connectivity index (χ4n) is 3.50. The molecule has 6 nitrogen and oxygen atoms in total. The highest BCUT2D eigenvalue weighted by molar-refractivity contribution is 7.80. The number of amides is 1. The molecule has 0 saturated carbocycles. The van der Waals surface area contributed by atoms with Crippen LogP contribution in [0.5, 0.6) is 0 Å². The molecule has 0 spiro atoms. The van der Waals surface area contributed by atoms with Crippen molar-refractivity contribution >= 4 is 35.0 Å². The average molecular weight is 368 g/mol. The van der Waals surface area contributed by atoms with Gasteiger partial charge in [-0.2, -0.15) is 5.26 Å². The van der Waals surface area contributed by atoms with Crippen LogP contribution < -0.4 is 10.6 Å². The normalized spacial score (nSPS) is 25.0. The number of thiocarbonyl (C=S) groups is 1. The summed E-state index contributed by atoms with van der Waals surface area (Å²) >= 11 is 4.92. The molecular formula is C19H20N4O2S. The molecule has 1 aromatic heterocycles. The Morgan fingerprint density at radius 1 is 1.35 bits per heavy atom. The van der Waals surface area contributed by atoms with E-state index < -0.39 is 5.91 Å². The number of nitrogens with one attached hydrogen (secondary N) is 2. The molecule has 3 rings (SSSR count). The molecule has 2 N–H and O–H groups in total. The predicted molar refractivity (Wildman–Crippen MR) is 102 cm³/mol. The molecule has 3 heterocycles. The van der Waals surface area contributed by atoms with Crippen LogP contribution in [0.1, 0.15) is 43.4 Å². The van der Waals surface area contributed by atoms with Crippen molar-refractivity contribution in [2.75, 3.05) is 0 Å². The lowest BCUT2D eigenvalue weighted by molar-refractivity contribution is -0.122. The van der Waals surface area contributed by atoms with E-state index in [0.29, 0.717) is 5.57 Å². The number of hydrogen-bond acceptors (Lipinski definition) is 5. The van der Waals surface area contributed by atoms with Gasteiger partial charge in [-0.05, 0) is 51.0 Å². The Kier molecular flexibility index (Phi) is 4.65. The molecule has 1 saturated heterocycles. The summed E-state index contributed by atoms with van der Waals surface area (Å²) in [5.74, 6) is -0.734. The SMILES string of the molecule is CC1=C(C#N)C(n2c(C)cc(/C=C3\C(=O)CC(=S)NC3=O)c2C)NC1C. The van der Waals surface area contributed by atoms with Gasteiger partial charge in [0.2, 0.25) is 0 Å². The third kappa shape index (κ3) is 2.91. The van der Waals surface area contributed by atoms with E-state index in [9.17, 15) is 14.9 Å². The maximum absolute atomic E-state index is 12.2. The van der Waals surface area contributed by atoms with Crippen LogP contribution in [-0.2, 0) is 9.59 Å². The van der Waals surface area contributed by atoms with E-state index in [1.165, 1.54) is 0 Å². The smallest absolute Gasteiger partial charge is 0.259 e. The maximum Gasteiger partial charge on any atom is 0.259 e. The molecule has 2 aliphatic heterocycles. The minimum atomic E-state index is -0.461. The highest BCUT2D eigenvalue weighted by atomic mass is 32.1. The van der Waals surface area contributed by atoms with E-state index in [0.717, 1.165) is 22.5 Å². The standard InChI is InChI=1S/C19H20N4O2S/c1-9-5-13(6-14-16(24)7-17(26)22-19(14)25)12(4)23(9)18-15(8-20)10(2)11(3)21-18/h5-6,11,18,21H,7H2,1-4H3,(H,22,25,26)/b14-6+. The van der Waals surface area contributed by atoms with Gasteiger partial charge in [-0.3, -0.25) is 14.9 Å². The Bertz CT molecular complexity index is 923. The first-order valence-corrected chi connectivity index (χ1v) is 8.79. The third-order valence-corrected chi connectivity index (χ3v) is 5.32. The summed E-state index contributed by atoms with van der Waals surface area (Å²) in [6.07, 6.45) is 1.42. The Morgan fingerprint density at radius 2 is 2.04 bits per heavy atom. The molecule has 26 heavy (non-hydrogen) atoms. The summed E-state index contributed by atoms with van der Waals surface area (Å²) in [7, 11) is 0. The van der Waals surface area contributed by atoms with Crippen LogP contribution in [0.25, 0.3) is 6.08 Å². The van der Waals surface area contributed by atoms with Crippen LogP contribution in [0.2, 0.25) is 0 Å². The monoisotopic (exact) mass is 368 g/mol. The number of Topliss-reactive ketones (excluding diaryl/α,β-unsaturated/α-hetero) is 1. The summed E-state index contributed by atoms with van der Waals surface area (Å²) in [6.45, 7) is 7.85. The van der Waals surface area contributed by atoms with Crippen LogP contribution in [0.15, 0.2) is 22.8 Å². The van der Waals surface area contributed by atoms with Crippen LogP contribution in [-0.4, -0.2) is 27.3 Å². The molecule has 1 fully saturated rings. The second-order valence-electron chi connectivity index (χ2n) is 6.73. The van der Waals surface area contributed by atoms with Gasteiger partial charge < -0.3 is 9.88 Å². The lowest BCUT2D eigenvalue weighted by Gasteiger charge is -2.20. The summed E-state index contributed by atoms with van der Waals surface area (Å²) in [4.78, 5) is 24.5. The van der Waals surface area contributed by atoms with Gasteiger partial charge in [0.25, 0.3) is 5.91 Å². The van der Waals surface area contributed by atoms with Crippen molar-refractivity contribution in [1.29, 1.82) is 5.26 Å². The van der Waals surface area contributed by atoms with E-state index in [1.807, 2.05) is 38.3 Å². The van der Waals surface area contributed by atoms with Crippen molar-refractivity contribution in [2.24, 2.45) is 0 Å². The van der Waals surface area contributed by atoms with Crippen molar-refractivity contribution in [3.8, 4) is 6.07 Å². The number of carbonyl (C=O) groups excluding carboxylic acids is 2. The second kappa shape index (κ2) is 6.63. The van der Waals surface area contributed by atoms with Gasteiger partial charge in [-0.1, -0.05) is 12.2 Å². The Balaban J connectivity index is 2.04. The largest absolute Gasteiger partial charge is 0.328 e. The molecule has 0 bridgehead atoms. The number of nitrogens with zero attached hydrogens (tertiary/aromatic N) is 2. The topological polar surface area (TPSA) is 86.9 Å². The molecule has 134 valence electrons. The molecule has 0 aromatic carbocycles. The Labute approximate surface area is 157 Å². The number of hydrogen-bond donors (Lipinski definition) is 2. The average Bonchev–Trinajstić information content (AvgIpc) is 2.99. The fraction of sp³-hybridized carbons (Fsp3) is 0.368. The van der Waals surface area contributed by atoms with Gasteiger partial charge in [0, 0.05) is 17.4 Å². The predicted octanol–water partition coefficient (Wildman–Crippen LogP) is 2.24. The zero-order valence-corrected chi connectivity index (χ0v) is 16.0. The number of piperidine rings is 1. The van der Waals surface area contributed by atoms with E-state index >= 15 is 0 Å². The van der Waals surface area contributed by atoms with Crippen LogP contribution in [0, 0.1) is 25.2 Å². The molecule has 0 radical (unpaired) electrons. The number of ketones is 1. The van der Waals surface area contributed by atoms with Crippen molar-refractivity contribution in [2.45, 2.75) is 46.3 Å². The molecule has 0 aliphatic carbocycles. The Hall–Kier alpha value is -2.56. The number of rotatable bonds is 2. The minimum absolute atomic E-state index is 0.0495. The van der Waals surface area contributed by atoms with Crippen LogP contribution in [0.4, 0.5) is 0 Å². The molecule has 1 amide bonds. The molecule has 7 heteroatoms. The number of aryl methyl sites for hydroxylation is 1. The lowest BCUT2D eigenvalue weighted by atomic mass is 10.0. The van der Waals surface area contributed by atoms with Crippen molar-refractivity contribution in [1.82, 2.24) is 15.2 Å². The molecule has 2 unspecified atom stereocenters. The maximum atomic E-state index is 12.2. The second-order valence-corrected chi connectivity index (χ2v) is 7.22. The number of nitriles is 1. The van der Waals surface area contributed by atoms with Crippen molar-refractivity contribution in [3.05, 3.63) is 39.7 Å². The van der Waals surface area contributed by atoms with Gasteiger partial charge in [-0.25, -0.2) is 0 Å². The molecule has 1 aromatic rings. The Morgan fingerprint density at radius 3 is 2.65 bits per heavy atom. The fourth-order valence-corrected chi connectivity index (χ4v) is 3.72. The number of carbonyl (C=O) groups is 2. The highest BCUT2D eigenvalue weighted by Crippen LogP contribution is 2.32. The lowest BCUT2D eigenvalue weighted by Crippen LogP contribution is -2.39. The first-order chi connectivity index (χ1) is 12.2. The van der Waals surface area contributed by atoms with Crippen LogP contribution >= 0.6 is 12.2 Å². The van der Waals surface area contributed by atoms with E-state index in [-0.39, 0.29) is 35.0 Å². The van der Waals surface area contributed by atoms with Crippen LogP contribution in [0.3, 0.4) is 0 Å². The van der Waals surface area contributed by atoms with Gasteiger partial charge >= 0.3 is 0 Å². The van der Waals surface area contributed by atoms with Gasteiger partial charge in [0.1, 0.15) is 6.17 Å². The first-order valence-electron chi connectivity index (χ1n) is 8.39. The third-order valence-electron chi connectivity index (χ3n) is 5.08. The summed E-state index contributed by atoms with van der Waals surface area (Å²) in [5.41, 5.74) is 4.45. The van der Waals surface area contributed by atoms with Crippen molar-refractivity contribution in [3.63, 3.8) is 0 Å². The summed E-state index contributed by atoms with van der Waals surface area (Å²) in [6, 6.07) is 4.34. The highest BCUT2D eigenvalue weighted by Gasteiger charge is 2.32. The molecular weight excluding hydrogens is 348 g/mol. The van der Waals surface area contributed by atoms with Gasteiger partial charge in [0.15, 0.2) is 5.78 Å².